The summed E-state index contributed by atoms with van der Waals surface area (Å²) >= 11 is 3.36. The first-order chi connectivity index (χ1) is 17.6. The highest BCUT2D eigenvalue weighted by atomic mass is 79.9. The number of carbonyl (C=O) groups is 3. The zero-order chi connectivity index (χ0) is 26.7. The summed E-state index contributed by atoms with van der Waals surface area (Å²) in [6.45, 7) is 0.0574. The van der Waals surface area contributed by atoms with Crippen LogP contribution in [-0.2, 0) is 16.2 Å². The maximum atomic E-state index is 13.0. The summed E-state index contributed by atoms with van der Waals surface area (Å²) in [5.41, 5.74) is 0.189. The lowest BCUT2D eigenvalue weighted by molar-refractivity contribution is -0.385. The third-order valence-electron chi connectivity index (χ3n) is 5.18. The van der Waals surface area contributed by atoms with Crippen LogP contribution in [0.1, 0.15) is 11.1 Å². The van der Waals surface area contributed by atoms with Crippen LogP contribution in [0.15, 0.2) is 76.8 Å². The molecule has 3 aromatic carbocycles. The number of rotatable bonds is 7. The fourth-order valence-electron chi connectivity index (χ4n) is 3.45. The molecular weight excluding hydrogens is 552 g/mol. The molecule has 1 aliphatic rings. The standard InChI is InChI=1S/C24H15BrN4O8/c25-20-11-14(7-8-21(20)37-13-15-3-1-5-17(9-15)28(33)34)10-19-22(30)26-24(32)27(23(19)31)16-4-2-6-18(12-16)29(35)36/h1-12H,13H2,(H,26,30,32)/b19-10+. The SMILES string of the molecule is O=C1NC(=O)N(c2cccc([N+](=O)[O-])c2)C(=O)/C1=C/c1ccc(OCc2cccc([N+](=O)[O-])c2)c(Br)c1. The van der Waals surface area contributed by atoms with Gasteiger partial charge in [-0.2, -0.15) is 0 Å². The van der Waals surface area contributed by atoms with Gasteiger partial charge in [0.05, 0.1) is 20.0 Å². The minimum absolute atomic E-state index is 0.0574. The maximum absolute atomic E-state index is 13.0. The van der Waals surface area contributed by atoms with Gasteiger partial charge in [0.15, 0.2) is 0 Å². The van der Waals surface area contributed by atoms with Crippen molar-refractivity contribution in [2.24, 2.45) is 0 Å². The fourth-order valence-corrected chi connectivity index (χ4v) is 3.96. The van der Waals surface area contributed by atoms with Crippen molar-refractivity contribution >= 4 is 56.9 Å². The van der Waals surface area contributed by atoms with Gasteiger partial charge < -0.3 is 4.74 Å². The van der Waals surface area contributed by atoms with Crippen LogP contribution < -0.4 is 15.0 Å². The molecule has 13 heteroatoms. The summed E-state index contributed by atoms with van der Waals surface area (Å²) < 4.78 is 6.19. The van der Waals surface area contributed by atoms with E-state index in [2.05, 4.69) is 21.2 Å². The Hall–Kier alpha value is -4.91. The van der Waals surface area contributed by atoms with Crippen LogP contribution in [0.2, 0.25) is 0 Å². The number of amides is 4. The zero-order valence-electron chi connectivity index (χ0n) is 18.6. The summed E-state index contributed by atoms with van der Waals surface area (Å²) in [6.07, 6.45) is 1.27. The van der Waals surface area contributed by atoms with E-state index >= 15 is 0 Å². The molecular formula is C24H15BrN4O8. The number of non-ortho nitro benzene ring substituents is 2. The van der Waals surface area contributed by atoms with Crippen LogP contribution in [0.3, 0.4) is 0 Å². The number of carbonyl (C=O) groups excluding carboxylic acids is 3. The molecule has 0 unspecified atom stereocenters. The van der Waals surface area contributed by atoms with Crippen LogP contribution in [0.25, 0.3) is 6.08 Å². The average Bonchev–Trinajstić information content (AvgIpc) is 2.86. The van der Waals surface area contributed by atoms with Crippen molar-refractivity contribution in [3.8, 4) is 5.75 Å². The lowest BCUT2D eigenvalue weighted by atomic mass is 10.1. The van der Waals surface area contributed by atoms with Crippen LogP contribution in [0.5, 0.6) is 5.75 Å². The number of urea groups is 1. The zero-order valence-corrected chi connectivity index (χ0v) is 20.2. The summed E-state index contributed by atoms with van der Waals surface area (Å²) in [5.74, 6) is -1.46. The van der Waals surface area contributed by atoms with Gasteiger partial charge in [0.25, 0.3) is 23.2 Å². The van der Waals surface area contributed by atoms with Crippen LogP contribution in [-0.4, -0.2) is 27.7 Å². The van der Waals surface area contributed by atoms with Crippen molar-refractivity contribution in [3.05, 3.63) is 108 Å². The third kappa shape index (κ3) is 5.51. The van der Waals surface area contributed by atoms with Gasteiger partial charge in [-0.15, -0.1) is 0 Å². The number of hydrogen-bond acceptors (Lipinski definition) is 8. The summed E-state index contributed by atoms with van der Waals surface area (Å²) in [7, 11) is 0. The topological polar surface area (TPSA) is 162 Å². The molecule has 1 heterocycles. The molecule has 3 aromatic rings. The van der Waals surface area contributed by atoms with Gasteiger partial charge in [-0.1, -0.05) is 24.3 Å². The quantitative estimate of drug-likeness (QED) is 0.189. The number of ether oxygens (including phenoxy) is 1. The Labute approximate surface area is 216 Å². The molecule has 0 radical (unpaired) electrons. The van der Waals surface area contributed by atoms with Gasteiger partial charge in [0, 0.05) is 24.3 Å². The molecule has 12 nitrogen and oxygen atoms in total. The molecule has 1 aliphatic heterocycles. The normalized spacial score (nSPS) is 14.5. The predicted octanol–water partition coefficient (Wildman–Crippen LogP) is 4.51. The molecule has 0 aliphatic carbocycles. The minimum atomic E-state index is -1.03. The molecule has 0 spiro atoms. The van der Waals surface area contributed by atoms with E-state index in [-0.39, 0.29) is 29.2 Å². The van der Waals surface area contributed by atoms with E-state index in [0.29, 0.717) is 26.2 Å². The second kappa shape index (κ2) is 10.4. The van der Waals surface area contributed by atoms with Crippen molar-refractivity contribution in [3.63, 3.8) is 0 Å². The van der Waals surface area contributed by atoms with E-state index < -0.39 is 27.7 Å². The first-order valence-electron chi connectivity index (χ1n) is 10.5. The summed E-state index contributed by atoms with van der Waals surface area (Å²) in [5, 5.41) is 24.1. The average molecular weight is 567 g/mol. The first-order valence-corrected chi connectivity index (χ1v) is 11.2. The smallest absolute Gasteiger partial charge is 0.335 e. The van der Waals surface area contributed by atoms with Gasteiger partial charge in [0.1, 0.15) is 17.9 Å². The van der Waals surface area contributed by atoms with Gasteiger partial charge in [0.2, 0.25) is 0 Å². The number of imide groups is 2. The first kappa shape index (κ1) is 25.2. The Morgan fingerprint density at radius 1 is 0.919 bits per heavy atom. The number of anilines is 1. The van der Waals surface area contributed by atoms with E-state index in [4.69, 9.17) is 4.74 Å². The van der Waals surface area contributed by atoms with E-state index in [9.17, 15) is 34.6 Å². The number of nitro groups is 2. The number of barbiturate groups is 1. The molecule has 37 heavy (non-hydrogen) atoms. The van der Waals surface area contributed by atoms with Gasteiger partial charge in [-0.05, 0) is 51.3 Å². The van der Waals surface area contributed by atoms with E-state index in [1.165, 1.54) is 36.4 Å². The lowest BCUT2D eigenvalue weighted by Crippen LogP contribution is -2.54. The van der Waals surface area contributed by atoms with Crippen LogP contribution in [0, 0.1) is 20.2 Å². The van der Waals surface area contributed by atoms with Gasteiger partial charge in [-0.3, -0.25) is 35.1 Å². The number of nitrogens with zero attached hydrogens (tertiary/aromatic N) is 3. The lowest BCUT2D eigenvalue weighted by Gasteiger charge is -2.26. The molecule has 186 valence electrons. The van der Waals surface area contributed by atoms with Crippen molar-refractivity contribution in [1.82, 2.24) is 5.32 Å². The number of nitro benzene ring substituents is 2. The third-order valence-corrected chi connectivity index (χ3v) is 5.80. The Morgan fingerprint density at radius 2 is 1.59 bits per heavy atom. The van der Waals surface area contributed by atoms with E-state index in [0.717, 1.165) is 6.07 Å². The van der Waals surface area contributed by atoms with Gasteiger partial charge >= 0.3 is 6.03 Å². The Kier molecular flexibility index (Phi) is 7.06. The Bertz CT molecular complexity index is 1500. The maximum Gasteiger partial charge on any atom is 0.335 e. The Morgan fingerprint density at radius 3 is 2.27 bits per heavy atom. The van der Waals surface area contributed by atoms with Crippen molar-refractivity contribution in [1.29, 1.82) is 0 Å². The van der Waals surface area contributed by atoms with E-state index in [1.54, 1.807) is 30.3 Å². The molecule has 4 amide bonds. The molecule has 1 fully saturated rings. The summed E-state index contributed by atoms with van der Waals surface area (Å²) in [6, 6.07) is 14.6. The van der Waals surface area contributed by atoms with Crippen LogP contribution in [0.4, 0.5) is 21.9 Å². The molecule has 0 aromatic heterocycles. The van der Waals surface area contributed by atoms with Crippen molar-refractivity contribution in [2.75, 3.05) is 4.90 Å². The predicted molar refractivity (Wildman–Crippen MR) is 134 cm³/mol. The van der Waals surface area contributed by atoms with E-state index in [1.807, 2.05) is 0 Å². The molecule has 0 saturated carbocycles. The number of nitrogens with one attached hydrogen (secondary N) is 1. The molecule has 4 rings (SSSR count). The monoisotopic (exact) mass is 566 g/mol. The number of halogens is 1. The highest BCUT2D eigenvalue weighted by Crippen LogP contribution is 2.30. The minimum Gasteiger partial charge on any atom is -0.488 e. The molecule has 1 saturated heterocycles. The number of benzene rings is 3. The highest BCUT2D eigenvalue weighted by Gasteiger charge is 2.37. The van der Waals surface area contributed by atoms with Crippen LogP contribution >= 0.6 is 15.9 Å². The second-order valence-electron chi connectivity index (χ2n) is 7.64. The largest absolute Gasteiger partial charge is 0.488 e. The molecule has 1 N–H and O–H groups in total. The highest BCUT2D eigenvalue weighted by molar-refractivity contribution is 9.10. The fraction of sp³-hybridized carbons (Fsp3) is 0.0417. The molecule has 0 bridgehead atoms. The van der Waals surface area contributed by atoms with Gasteiger partial charge in [-0.25, -0.2) is 9.69 Å². The Balaban J connectivity index is 1.56. The second-order valence-corrected chi connectivity index (χ2v) is 8.49. The molecule has 0 atom stereocenters. The number of hydrogen-bond donors (Lipinski definition) is 1. The van der Waals surface area contributed by atoms with Crippen molar-refractivity contribution in [2.45, 2.75) is 6.61 Å². The summed E-state index contributed by atoms with van der Waals surface area (Å²) in [4.78, 5) is 59.3. The van der Waals surface area contributed by atoms with Crippen molar-refractivity contribution < 1.29 is 29.0 Å².